The molecule has 11 nitrogen and oxygen atoms in total. The molecule has 14 heteroatoms. The number of hydrogen-bond donors (Lipinski definition) is 2. The van der Waals surface area contributed by atoms with Crippen molar-refractivity contribution in [3.63, 3.8) is 0 Å². The number of anilines is 2. The van der Waals surface area contributed by atoms with Gasteiger partial charge in [-0.3, -0.25) is 14.6 Å². The van der Waals surface area contributed by atoms with Crippen LogP contribution in [0.2, 0.25) is 0 Å². The van der Waals surface area contributed by atoms with Crippen molar-refractivity contribution in [2.75, 3.05) is 56.0 Å². The predicted octanol–water partition coefficient (Wildman–Crippen LogP) is 5.81. The highest BCUT2D eigenvalue weighted by Crippen LogP contribution is 2.48. The second kappa shape index (κ2) is 14.6. The minimum atomic E-state index is -3.00. The van der Waals surface area contributed by atoms with Gasteiger partial charge in [0.1, 0.15) is 26.8 Å². The minimum Gasteiger partial charge on any atom is -0.493 e. The van der Waals surface area contributed by atoms with Crippen molar-refractivity contribution in [2.24, 2.45) is 11.3 Å². The first-order valence-corrected chi connectivity index (χ1v) is 18.3. The third-order valence-electron chi connectivity index (χ3n) is 9.06. The third-order valence-corrected chi connectivity index (χ3v) is 9.98. The average Bonchev–Trinajstić information content (AvgIpc) is 3.90. The molecule has 6 rings (SSSR count). The Morgan fingerprint density at radius 1 is 0.920 bits per heavy atom. The number of pyridine rings is 1. The topological polar surface area (TPSA) is 136 Å². The Hall–Kier alpha value is -4.82. The first kappa shape index (κ1) is 35.0. The molecule has 3 aromatic carbocycles. The van der Waals surface area contributed by atoms with E-state index in [0.717, 1.165) is 38.1 Å². The van der Waals surface area contributed by atoms with E-state index in [9.17, 15) is 22.4 Å². The van der Waals surface area contributed by atoms with Gasteiger partial charge in [0.2, 0.25) is 11.8 Å². The summed E-state index contributed by atoms with van der Waals surface area (Å²) in [5, 5.41) is 5.77. The number of benzene rings is 3. The molecule has 1 saturated heterocycles. The van der Waals surface area contributed by atoms with E-state index >= 15 is 4.39 Å². The Balaban J connectivity index is 1.08. The summed E-state index contributed by atoms with van der Waals surface area (Å²) in [4.78, 5) is 32.6. The number of ether oxygens (including phenoxy) is 3. The van der Waals surface area contributed by atoms with Crippen molar-refractivity contribution < 1.29 is 41.0 Å². The minimum absolute atomic E-state index is 0.0948. The molecule has 2 amide bonds. The molecule has 1 aromatic heterocycles. The molecule has 1 aliphatic carbocycles. The fourth-order valence-electron chi connectivity index (χ4n) is 5.90. The van der Waals surface area contributed by atoms with Gasteiger partial charge in [-0.2, -0.15) is 0 Å². The van der Waals surface area contributed by atoms with Gasteiger partial charge in [0.25, 0.3) is 0 Å². The van der Waals surface area contributed by atoms with Crippen molar-refractivity contribution >= 4 is 43.9 Å². The molecule has 0 radical (unpaired) electrons. The first-order chi connectivity index (χ1) is 23.9. The fraction of sp³-hybridized carbons (Fsp3) is 0.361. The van der Waals surface area contributed by atoms with Gasteiger partial charge in [-0.1, -0.05) is 6.07 Å². The number of sulfone groups is 1. The normalized spacial score (nSPS) is 16.1. The molecule has 4 aromatic rings. The van der Waals surface area contributed by atoms with E-state index in [2.05, 4.69) is 20.5 Å². The molecule has 2 fully saturated rings. The van der Waals surface area contributed by atoms with Crippen LogP contribution in [0.1, 0.15) is 25.7 Å². The number of rotatable bonds is 13. The van der Waals surface area contributed by atoms with Crippen LogP contribution in [0.15, 0.2) is 66.9 Å². The quantitative estimate of drug-likeness (QED) is 0.165. The number of nitrogens with one attached hydrogen (secondary N) is 2. The maximum Gasteiger partial charge on any atom is 0.240 e. The van der Waals surface area contributed by atoms with Gasteiger partial charge in [0.15, 0.2) is 23.1 Å². The van der Waals surface area contributed by atoms with Crippen molar-refractivity contribution in [1.29, 1.82) is 0 Å². The van der Waals surface area contributed by atoms with E-state index in [0.29, 0.717) is 60.1 Å². The standard InChI is InChI=1S/C36H38F2N4O7S/c1-47-32-20-27-29(21-33(32)48-22-23-9-14-42(15-10-23)16-17-50(2,45)46)39-13-8-30(27)49-31-7-6-26(19-28(31)38)41-35(44)36(11-12-36)34(43)40-25-5-3-4-24(37)18-25/h3-8,13,18-21,23H,9-12,14-17,22H2,1-2H3,(H,40,43)(H,41,44). The summed E-state index contributed by atoms with van der Waals surface area (Å²) in [5.41, 5.74) is -0.393. The molecule has 1 saturated carbocycles. The lowest BCUT2D eigenvalue weighted by atomic mass is 9.98. The molecule has 0 spiro atoms. The summed E-state index contributed by atoms with van der Waals surface area (Å²) in [6, 6.07) is 14.4. The lowest BCUT2D eigenvalue weighted by molar-refractivity contribution is -0.131. The van der Waals surface area contributed by atoms with Crippen molar-refractivity contribution in [2.45, 2.75) is 25.7 Å². The summed E-state index contributed by atoms with van der Waals surface area (Å²) >= 11 is 0. The average molecular weight is 709 g/mol. The highest BCUT2D eigenvalue weighted by atomic mass is 32.2. The number of fused-ring (bicyclic) bond motifs is 1. The van der Waals surface area contributed by atoms with E-state index in [-0.39, 0.29) is 22.9 Å². The molecule has 264 valence electrons. The smallest absolute Gasteiger partial charge is 0.240 e. The molecule has 0 atom stereocenters. The number of hydrogen-bond acceptors (Lipinski definition) is 9. The van der Waals surface area contributed by atoms with Crippen molar-refractivity contribution in [3.05, 3.63) is 78.5 Å². The lowest BCUT2D eigenvalue weighted by Gasteiger charge is -2.31. The Kier molecular flexibility index (Phi) is 10.2. The summed E-state index contributed by atoms with van der Waals surface area (Å²) in [5.74, 6) is -0.752. The van der Waals surface area contributed by atoms with Gasteiger partial charge >= 0.3 is 0 Å². The molecular formula is C36H38F2N4O7S. The fourth-order valence-corrected chi connectivity index (χ4v) is 6.49. The number of nitrogens with zero attached hydrogens (tertiary/aromatic N) is 2. The van der Waals surface area contributed by atoms with E-state index in [1.165, 1.54) is 49.9 Å². The largest absolute Gasteiger partial charge is 0.493 e. The first-order valence-electron chi connectivity index (χ1n) is 16.3. The van der Waals surface area contributed by atoms with E-state index < -0.39 is 38.7 Å². The molecule has 0 unspecified atom stereocenters. The number of piperidine rings is 1. The van der Waals surface area contributed by atoms with Gasteiger partial charge in [0.05, 0.1) is 25.0 Å². The van der Waals surface area contributed by atoms with Crippen LogP contribution < -0.4 is 24.8 Å². The SMILES string of the molecule is COc1cc2c(Oc3ccc(NC(=O)C4(C(=O)Nc5cccc(F)c5)CC4)cc3F)ccnc2cc1OCC1CCN(CCS(C)(=O)=O)CC1. The highest BCUT2D eigenvalue weighted by Gasteiger charge is 2.56. The molecule has 2 heterocycles. The second-order valence-electron chi connectivity index (χ2n) is 12.8. The maximum absolute atomic E-state index is 15.3. The maximum atomic E-state index is 15.3. The van der Waals surface area contributed by atoms with Crippen LogP contribution in [0.25, 0.3) is 10.9 Å². The van der Waals surface area contributed by atoms with Gasteiger partial charge in [0, 0.05) is 47.9 Å². The zero-order chi connectivity index (χ0) is 35.5. The van der Waals surface area contributed by atoms with Crippen LogP contribution in [0, 0.1) is 23.0 Å². The second-order valence-corrected chi connectivity index (χ2v) is 15.1. The Labute approximate surface area is 288 Å². The summed E-state index contributed by atoms with van der Waals surface area (Å²) < 4.78 is 69.6. The number of amides is 2. The van der Waals surface area contributed by atoms with Gasteiger partial charge in [-0.15, -0.1) is 0 Å². The monoisotopic (exact) mass is 708 g/mol. The number of likely N-dealkylation sites (tertiary alicyclic amines) is 1. The molecule has 0 bridgehead atoms. The van der Waals surface area contributed by atoms with Crippen LogP contribution in [0.5, 0.6) is 23.0 Å². The van der Waals surface area contributed by atoms with Gasteiger partial charge in [-0.25, -0.2) is 17.2 Å². The van der Waals surface area contributed by atoms with E-state index in [1.807, 2.05) is 0 Å². The third kappa shape index (κ3) is 8.30. The van der Waals surface area contributed by atoms with Crippen LogP contribution in [0.3, 0.4) is 0 Å². The predicted molar refractivity (Wildman–Crippen MR) is 184 cm³/mol. The van der Waals surface area contributed by atoms with Crippen LogP contribution in [-0.2, 0) is 19.4 Å². The Morgan fingerprint density at radius 2 is 1.64 bits per heavy atom. The highest BCUT2D eigenvalue weighted by molar-refractivity contribution is 7.90. The summed E-state index contributed by atoms with van der Waals surface area (Å²) in [6.07, 6.45) is 5.18. The van der Waals surface area contributed by atoms with Gasteiger partial charge in [-0.05, 0) is 87.2 Å². The Bertz CT molecular complexity index is 2020. The van der Waals surface area contributed by atoms with Crippen LogP contribution in [0.4, 0.5) is 20.2 Å². The lowest BCUT2D eigenvalue weighted by Crippen LogP contribution is -2.38. The summed E-state index contributed by atoms with van der Waals surface area (Å²) in [7, 11) is -1.48. The zero-order valence-corrected chi connectivity index (χ0v) is 28.5. The van der Waals surface area contributed by atoms with Gasteiger partial charge < -0.3 is 29.7 Å². The zero-order valence-electron chi connectivity index (χ0n) is 27.7. The number of carbonyl (C=O) groups is 2. The van der Waals surface area contributed by atoms with Crippen LogP contribution >= 0.6 is 0 Å². The van der Waals surface area contributed by atoms with Crippen LogP contribution in [-0.4, -0.2) is 75.5 Å². The summed E-state index contributed by atoms with van der Waals surface area (Å²) in [6.45, 7) is 2.61. The number of carbonyl (C=O) groups excluding carboxylic acids is 2. The van der Waals surface area contributed by atoms with Crippen molar-refractivity contribution in [1.82, 2.24) is 9.88 Å². The number of methoxy groups -OCH3 is 1. The van der Waals surface area contributed by atoms with E-state index in [4.69, 9.17) is 14.2 Å². The molecule has 2 aliphatic rings. The molecular weight excluding hydrogens is 670 g/mol. The van der Waals surface area contributed by atoms with E-state index in [1.54, 1.807) is 18.2 Å². The Morgan fingerprint density at radius 3 is 2.28 bits per heavy atom. The van der Waals surface area contributed by atoms with Crippen molar-refractivity contribution in [3.8, 4) is 23.0 Å². The number of aromatic nitrogens is 1. The number of halogens is 2. The molecule has 50 heavy (non-hydrogen) atoms. The molecule has 1 aliphatic heterocycles. The molecule has 2 N–H and O–H groups in total.